The summed E-state index contributed by atoms with van der Waals surface area (Å²) in [5.74, 6) is -1.39. The van der Waals surface area contributed by atoms with Crippen LogP contribution in [0.25, 0.3) is 0 Å². The van der Waals surface area contributed by atoms with Crippen molar-refractivity contribution in [2.45, 2.75) is 38.6 Å². The summed E-state index contributed by atoms with van der Waals surface area (Å²) in [7, 11) is 1.67. The van der Waals surface area contributed by atoms with E-state index in [-0.39, 0.29) is 24.1 Å². The van der Waals surface area contributed by atoms with E-state index in [1.165, 1.54) is 4.90 Å². The fourth-order valence-corrected chi connectivity index (χ4v) is 4.62. The maximum absolute atomic E-state index is 13.5. The number of carbonyl (C=O) groups excluding carboxylic acids is 3. The molecule has 3 amide bonds. The van der Waals surface area contributed by atoms with Gasteiger partial charge in [-0.15, -0.1) is 0 Å². The van der Waals surface area contributed by atoms with E-state index in [1.807, 2.05) is 56.3 Å². The highest BCUT2D eigenvalue weighted by Gasteiger charge is 2.35. The molecule has 3 aromatic carbocycles. The average Bonchev–Trinajstić information content (AvgIpc) is 3.18. The van der Waals surface area contributed by atoms with Gasteiger partial charge in [-0.3, -0.25) is 14.4 Å². The van der Waals surface area contributed by atoms with E-state index in [0.29, 0.717) is 17.1 Å². The SMILES string of the molecule is Cc1ccc(C)c2c1NC(=O)C2CC(=O)NC(Cc1ccccc1)C(=O)N(C)c1ccc(Cl)cc1. The predicted octanol–water partition coefficient (Wildman–Crippen LogP) is 4.77. The third kappa shape index (κ3) is 5.38. The zero-order valence-corrected chi connectivity index (χ0v) is 20.7. The third-order valence-electron chi connectivity index (χ3n) is 6.43. The summed E-state index contributed by atoms with van der Waals surface area (Å²) in [4.78, 5) is 40.9. The minimum atomic E-state index is -0.798. The summed E-state index contributed by atoms with van der Waals surface area (Å²) in [6, 6.07) is 19.6. The molecular formula is C28H28ClN3O3. The van der Waals surface area contributed by atoms with E-state index < -0.39 is 12.0 Å². The van der Waals surface area contributed by atoms with Crippen LogP contribution < -0.4 is 15.5 Å². The van der Waals surface area contributed by atoms with Gasteiger partial charge < -0.3 is 15.5 Å². The van der Waals surface area contributed by atoms with Gasteiger partial charge in [0.15, 0.2) is 0 Å². The third-order valence-corrected chi connectivity index (χ3v) is 6.69. The van der Waals surface area contributed by atoms with Crippen LogP contribution in [0.3, 0.4) is 0 Å². The number of fused-ring (bicyclic) bond motifs is 1. The number of rotatable bonds is 7. The van der Waals surface area contributed by atoms with Crippen molar-refractivity contribution in [2.75, 3.05) is 17.3 Å². The zero-order valence-electron chi connectivity index (χ0n) is 20.0. The number of hydrogen-bond acceptors (Lipinski definition) is 3. The van der Waals surface area contributed by atoms with Crippen LogP contribution >= 0.6 is 11.6 Å². The molecule has 0 fully saturated rings. The molecule has 0 spiro atoms. The van der Waals surface area contributed by atoms with Crippen LogP contribution in [0.4, 0.5) is 11.4 Å². The normalized spacial score (nSPS) is 15.2. The van der Waals surface area contributed by atoms with Crippen LogP contribution in [0.2, 0.25) is 5.02 Å². The van der Waals surface area contributed by atoms with Gasteiger partial charge in [-0.2, -0.15) is 0 Å². The maximum Gasteiger partial charge on any atom is 0.249 e. The van der Waals surface area contributed by atoms with Crippen molar-refractivity contribution in [3.05, 3.63) is 94.0 Å². The molecule has 0 bridgehead atoms. The Balaban J connectivity index is 1.55. The lowest BCUT2D eigenvalue weighted by Crippen LogP contribution is -2.49. The fraction of sp³-hybridized carbons (Fsp3) is 0.250. The summed E-state index contributed by atoms with van der Waals surface area (Å²) in [6.45, 7) is 3.87. The van der Waals surface area contributed by atoms with E-state index >= 15 is 0 Å². The molecule has 6 nitrogen and oxygen atoms in total. The van der Waals surface area contributed by atoms with Crippen LogP contribution in [0, 0.1) is 13.8 Å². The summed E-state index contributed by atoms with van der Waals surface area (Å²) < 4.78 is 0. The molecule has 3 aromatic rings. The van der Waals surface area contributed by atoms with Crippen molar-refractivity contribution < 1.29 is 14.4 Å². The Hall–Kier alpha value is -3.64. The number of benzene rings is 3. The van der Waals surface area contributed by atoms with E-state index in [0.717, 1.165) is 27.9 Å². The Bertz CT molecular complexity index is 1260. The maximum atomic E-state index is 13.5. The van der Waals surface area contributed by atoms with Crippen LogP contribution in [0.1, 0.15) is 34.6 Å². The number of nitrogens with zero attached hydrogens (tertiary/aromatic N) is 1. The molecule has 7 heteroatoms. The second-order valence-electron chi connectivity index (χ2n) is 8.92. The highest BCUT2D eigenvalue weighted by molar-refractivity contribution is 6.30. The summed E-state index contributed by atoms with van der Waals surface area (Å²) in [5.41, 5.74) is 5.15. The Kier molecular flexibility index (Phi) is 7.22. The van der Waals surface area contributed by atoms with Crippen molar-refractivity contribution in [1.82, 2.24) is 5.32 Å². The molecule has 0 radical (unpaired) electrons. The zero-order chi connectivity index (χ0) is 25.1. The molecule has 180 valence electrons. The average molecular weight is 490 g/mol. The number of anilines is 2. The van der Waals surface area contributed by atoms with Gasteiger partial charge in [0, 0.05) is 36.3 Å². The smallest absolute Gasteiger partial charge is 0.249 e. The largest absolute Gasteiger partial charge is 0.344 e. The molecule has 0 aromatic heterocycles. The van der Waals surface area contributed by atoms with Gasteiger partial charge in [0.2, 0.25) is 17.7 Å². The molecular weight excluding hydrogens is 462 g/mol. The van der Waals surface area contributed by atoms with Gasteiger partial charge >= 0.3 is 0 Å². The van der Waals surface area contributed by atoms with Crippen molar-refractivity contribution >= 4 is 40.7 Å². The number of hydrogen-bond donors (Lipinski definition) is 2. The van der Waals surface area contributed by atoms with E-state index in [2.05, 4.69) is 10.6 Å². The van der Waals surface area contributed by atoms with Gasteiger partial charge in [-0.25, -0.2) is 0 Å². The molecule has 1 aliphatic rings. The van der Waals surface area contributed by atoms with Gasteiger partial charge in [0.05, 0.1) is 5.92 Å². The first-order valence-corrected chi connectivity index (χ1v) is 11.9. The molecule has 35 heavy (non-hydrogen) atoms. The van der Waals surface area contributed by atoms with Crippen molar-refractivity contribution in [2.24, 2.45) is 0 Å². The van der Waals surface area contributed by atoms with E-state index in [4.69, 9.17) is 11.6 Å². The summed E-state index contributed by atoms with van der Waals surface area (Å²) in [6.07, 6.45) is 0.293. The molecule has 1 aliphatic heterocycles. The van der Waals surface area contributed by atoms with Crippen molar-refractivity contribution in [3.8, 4) is 0 Å². The Morgan fingerprint density at radius 2 is 1.66 bits per heavy atom. The van der Waals surface area contributed by atoms with E-state index in [1.54, 1.807) is 31.3 Å². The highest BCUT2D eigenvalue weighted by atomic mass is 35.5. The van der Waals surface area contributed by atoms with Gasteiger partial charge in [0.1, 0.15) is 6.04 Å². The lowest BCUT2D eigenvalue weighted by Gasteiger charge is -2.25. The first kappa shape index (κ1) is 24.5. The number of nitrogens with one attached hydrogen (secondary N) is 2. The monoisotopic (exact) mass is 489 g/mol. The first-order chi connectivity index (χ1) is 16.7. The molecule has 2 atom stereocenters. The van der Waals surface area contributed by atoms with Gasteiger partial charge in [-0.05, 0) is 60.4 Å². The van der Waals surface area contributed by atoms with E-state index in [9.17, 15) is 14.4 Å². The minimum absolute atomic E-state index is 0.0354. The number of amides is 3. The first-order valence-electron chi connectivity index (χ1n) is 11.5. The molecule has 0 aliphatic carbocycles. The van der Waals surface area contributed by atoms with Gasteiger partial charge in [-0.1, -0.05) is 54.1 Å². The molecule has 0 saturated heterocycles. The van der Waals surface area contributed by atoms with Crippen LogP contribution in [0.15, 0.2) is 66.7 Å². The second-order valence-corrected chi connectivity index (χ2v) is 9.35. The molecule has 0 saturated carbocycles. The number of halogens is 1. The molecule has 2 N–H and O–H groups in total. The summed E-state index contributed by atoms with van der Waals surface area (Å²) >= 11 is 5.99. The Labute approximate surface area is 210 Å². The molecule has 4 rings (SSSR count). The lowest BCUT2D eigenvalue weighted by molar-refractivity contribution is -0.128. The minimum Gasteiger partial charge on any atom is -0.344 e. The van der Waals surface area contributed by atoms with Crippen LogP contribution in [-0.2, 0) is 20.8 Å². The van der Waals surface area contributed by atoms with Crippen molar-refractivity contribution in [3.63, 3.8) is 0 Å². The van der Waals surface area contributed by atoms with Crippen molar-refractivity contribution in [1.29, 1.82) is 0 Å². The summed E-state index contributed by atoms with van der Waals surface area (Å²) in [5, 5.41) is 6.39. The molecule has 1 heterocycles. The van der Waals surface area contributed by atoms with Crippen LogP contribution in [0.5, 0.6) is 0 Å². The number of carbonyl (C=O) groups is 3. The van der Waals surface area contributed by atoms with Crippen LogP contribution in [-0.4, -0.2) is 30.8 Å². The standard InChI is InChI=1S/C28H28ClN3O3/c1-17-9-10-18(2)26-25(17)22(27(34)31-26)16-24(33)30-23(15-19-7-5-4-6-8-19)28(35)32(3)21-13-11-20(29)12-14-21/h4-14,22-23H,15-16H2,1-3H3,(H,30,33)(H,31,34). The second kappa shape index (κ2) is 10.3. The molecule has 2 unspecified atom stereocenters. The number of aryl methyl sites for hydroxylation is 2. The fourth-order valence-electron chi connectivity index (χ4n) is 4.50. The lowest BCUT2D eigenvalue weighted by atomic mass is 9.91. The Morgan fingerprint density at radius 1 is 1.00 bits per heavy atom. The van der Waals surface area contributed by atoms with Gasteiger partial charge in [0.25, 0.3) is 0 Å². The Morgan fingerprint density at radius 3 is 2.34 bits per heavy atom. The quantitative estimate of drug-likeness (QED) is 0.501. The predicted molar refractivity (Wildman–Crippen MR) is 139 cm³/mol. The number of likely N-dealkylation sites (N-methyl/N-ethyl adjacent to an activating group) is 1. The highest BCUT2D eigenvalue weighted by Crippen LogP contribution is 2.39. The topological polar surface area (TPSA) is 78.5 Å².